The molecule has 1 aromatic carbocycles. The first-order chi connectivity index (χ1) is 13.0. The first kappa shape index (κ1) is 17.0. The van der Waals surface area contributed by atoms with Crippen LogP contribution in [-0.2, 0) is 9.53 Å². The number of Topliss-reactive ketones (excluding diaryl/α,β-unsaturated/α-hetero) is 1. The molecule has 0 bridgehead atoms. The van der Waals surface area contributed by atoms with Crippen molar-refractivity contribution in [2.75, 3.05) is 32.2 Å². The van der Waals surface area contributed by atoms with Crippen LogP contribution in [0.5, 0.6) is 5.75 Å². The first-order valence-corrected chi connectivity index (χ1v) is 9.89. The minimum Gasteiger partial charge on any atom is -0.496 e. The second-order valence-corrected chi connectivity index (χ2v) is 8.30. The van der Waals surface area contributed by atoms with E-state index >= 15 is 0 Å². The molecule has 1 aromatic rings. The summed E-state index contributed by atoms with van der Waals surface area (Å²) in [7, 11) is 3.07. The molecule has 0 aliphatic carbocycles. The van der Waals surface area contributed by atoms with Crippen LogP contribution >= 0.6 is 0 Å². The standard InChI is InChI=1S/C21H26N2O4/c1-4-13-12-22-9-8-20-19(25)18-15(6-5-7-16(18)26-2)23(20)21(20,22)11-14(13)10-17(24)27-3/h5-7,13-14H,4,8-12H2,1-3H3/t13-,14+,20?,21+,23?/m0/s1. The Bertz CT molecular complexity index is 839. The number of benzene rings is 1. The van der Waals surface area contributed by atoms with Crippen LogP contribution in [0.4, 0.5) is 5.69 Å². The smallest absolute Gasteiger partial charge is 0.305 e. The summed E-state index contributed by atoms with van der Waals surface area (Å²) in [5.74, 6) is 1.43. The maximum atomic E-state index is 13.6. The third-order valence-electron chi connectivity index (χ3n) is 7.55. The first-order valence-electron chi connectivity index (χ1n) is 9.89. The molecule has 6 nitrogen and oxygen atoms in total. The normalized spacial score (nSPS) is 36.0. The lowest BCUT2D eigenvalue weighted by molar-refractivity contribution is -0.143. The fourth-order valence-corrected chi connectivity index (χ4v) is 6.35. The monoisotopic (exact) mass is 370 g/mol. The van der Waals surface area contributed by atoms with E-state index in [9.17, 15) is 9.59 Å². The van der Waals surface area contributed by atoms with Crippen molar-refractivity contribution in [1.29, 1.82) is 0 Å². The lowest BCUT2D eigenvalue weighted by Crippen LogP contribution is -2.52. The van der Waals surface area contributed by atoms with E-state index in [0.29, 0.717) is 18.1 Å². The van der Waals surface area contributed by atoms with Crippen molar-refractivity contribution in [3.05, 3.63) is 23.8 Å². The molecule has 0 amide bonds. The van der Waals surface area contributed by atoms with Gasteiger partial charge in [0.05, 0.1) is 25.5 Å². The van der Waals surface area contributed by atoms with Gasteiger partial charge in [0.1, 0.15) is 17.0 Å². The van der Waals surface area contributed by atoms with Crippen molar-refractivity contribution in [3.63, 3.8) is 0 Å². The number of nitrogens with zero attached hydrogens (tertiary/aromatic N) is 2. The molecular weight excluding hydrogens is 344 g/mol. The van der Waals surface area contributed by atoms with Crippen LogP contribution in [0.15, 0.2) is 18.2 Å². The van der Waals surface area contributed by atoms with Gasteiger partial charge in [0.15, 0.2) is 5.78 Å². The molecule has 0 N–H and O–H groups in total. The SMILES string of the molecule is CC[C@H]1CN2CCC34C(=O)c5c(OC)cccc5N3[C@@]24C[C@H]1CC(=O)OC. The van der Waals surface area contributed by atoms with Crippen LogP contribution in [0.1, 0.15) is 43.0 Å². The average molecular weight is 370 g/mol. The predicted octanol–water partition coefficient (Wildman–Crippen LogP) is 2.46. The molecule has 3 saturated heterocycles. The van der Waals surface area contributed by atoms with E-state index in [0.717, 1.165) is 43.6 Å². The van der Waals surface area contributed by atoms with Gasteiger partial charge in [-0.2, -0.15) is 0 Å². The van der Waals surface area contributed by atoms with Gasteiger partial charge < -0.3 is 14.4 Å². The van der Waals surface area contributed by atoms with Gasteiger partial charge in [0.25, 0.3) is 0 Å². The molecule has 4 heterocycles. The Kier molecular flexibility index (Phi) is 3.46. The molecule has 144 valence electrons. The van der Waals surface area contributed by atoms with Crippen LogP contribution in [-0.4, -0.2) is 55.2 Å². The molecule has 5 rings (SSSR count). The lowest BCUT2D eigenvalue weighted by Gasteiger charge is -2.43. The van der Waals surface area contributed by atoms with Crippen molar-refractivity contribution in [1.82, 2.24) is 4.90 Å². The van der Waals surface area contributed by atoms with Gasteiger partial charge in [-0.15, -0.1) is 0 Å². The molecule has 0 aromatic heterocycles. The summed E-state index contributed by atoms with van der Waals surface area (Å²) in [6, 6.07) is 5.87. The second-order valence-electron chi connectivity index (χ2n) is 8.30. The highest BCUT2D eigenvalue weighted by molar-refractivity contribution is 6.22. The number of methoxy groups -OCH3 is 2. The summed E-state index contributed by atoms with van der Waals surface area (Å²) in [5.41, 5.74) is 1.01. The van der Waals surface area contributed by atoms with Crippen molar-refractivity contribution in [2.24, 2.45) is 11.8 Å². The van der Waals surface area contributed by atoms with Gasteiger partial charge in [-0.1, -0.05) is 19.4 Å². The average Bonchev–Trinajstić information content (AvgIpc) is 2.95. The number of fused-ring (bicyclic) bond motifs is 2. The van der Waals surface area contributed by atoms with E-state index in [1.165, 1.54) is 7.11 Å². The molecule has 27 heavy (non-hydrogen) atoms. The van der Waals surface area contributed by atoms with Gasteiger partial charge in [0.2, 0.25) is 0 Å². The van der Waals surface area contributed by atoms with Gasteiger partial charge in [-0.25, -0.2) is 0 Å². The Balaban J connectivity index is 1.55. The van der Waals surface area contributed by atoms with E-state index < -0.39 is 5.54 Å². The Labute approximate surface area is 159 Å². The quantitative estimate of drug-likeness (QED) is 0.599. The van der Waals surface area contributed by atoms with E-state index in [2.05, 4.69) is 16.7 Å². The molecule has 1 unspecified atom stereocenters. The molecule has 0 saturated carbocycles. The topological polar surface area (TPSA) is 58.9 Å². The van der Waals surface area contributed by atoms with Crippen molar-refractivity contribution in [2.45, 2.75) is 43.8 Å². The fourth-order valence-electron chi connectivity index (χ4n) is 6.35. The van der Waals surface area contributed by atoms with E-state index in [4.69, 9.17) is 9.47 Å². The van der Waals surface area contributed by atoms with Crippen LogP contribution in [0.2, 0.25) is 0 Å². The number of rotatable bonds is 4. The minimum atomic E-state index is -0.461. The van der Waals surface area contributed by atoms with Gasteiger partial charge in [0, 0.05) is 19.5 Å². The van der Waals surface area contributed by atoms with E-state index in [-0.39, 0.29) is 23.3 Å². The Morgan fingerprint density at radius 2 is 2.11 bits per heavy atom. The molecule has 4 aliphatic rings. The van der Waals surface area contributed by atoms with E-state index in [1.807, 2.05) is 18.2 Å². The van der Waals surface area contributed by atoms with Crippen LogP contribution in [0.25, 0.3) is 0 Å². The van der Waals surface area contributed by atoms with Crippen molar-refractivity contribution < 1.29 is 19.1 Å². The highest BCUT2D eigenvalue weighted by atomic mass is 16.5. The zero-order chi connectivity index (χ0) is 19.0. The maximum Gasteiger partial charge on any atom is 0.305 e. The third kappa shape index (κ3) is 1.80. The van der Waals surface area contributed by atoms with Crippen LogP contribution in [0.3, 0.4) is 0 Å². The van der Waals surface area contributed by atoms with E-state index in [1.54, 1.807) is 7.11 Å². The number of hydrogen-bond donors (Lipinski definition) is 0. The molecule has 0 radical (unpaired) electrons. The summed E-state index contributed by atoms with van der Waals surface area (Å²) in [6.45, 7) is 4.08. The summed E-state index contributed by atoms with van der Waals surface area (Å²) in [6.07, 6.45) is 3.18. The summed E-state index contributed by atoms with van der Waals surface area (Å²) < 4.78 is 10.4. The predicted molar refractivity (Wildman–Crippen MR) is 100.0 cm³/mol. The summed E-state index contributed by atoms with van der Waals surface area (Å²) >= 11 is 0. The molecule has 4 atom stereocenters. The number of ether oxygens (including phenoxy) is 2. The largest absolute Gasteiger partial charge is 0.496 e. The zero-order valence-corrected chi connectivity index (χ0v) is 16.2. The van der Waals surface area contributed by atoms with Gasteiger partial charge in [-0.3, -0.25) is 14.5 Å². The Hall–Kier alpha value is -2.08. The number of anilines is 1. The van der Waals surface area contributed by atoms with Crippen molar-refractivity contribution in [3.8, 4) is 5.75 Å². The zero-order valence-electron chi connectivity index (χ0n) is 16.2. The molecule has 4 aliphatic heterocycles. The highest BCUT2D eigenvalue weighted by Crippen LogP contribution is 2.72. The number of carbonyl (C=O) groups excluding carboxylic acids is 2. The van der Waals surface area contributed by atoms with Crippen LogP contribution < -0.4 is 9.64 Å². The second kappa shape index (κ2) is 5.47. The minimum absolute atomic E-state index is 0.149. The van der Waals surface area contributed by atoms with Crippen LogP contribution in [0, 0.1) is 11.8 Å². The molecule has 3 fully saturated rings. The fraction of sp³-hybridized carbons (Fsp3) is 0.619. The molecular formula is C21H26N2O4. The summed E-state index contributed by atoms with van der Waals surface area (Å²) in [5, 5.41) is 0. The number of ketones is 1. The highest BCUT2D eigenvalue weighted by Gasteiger charge is 2.87. The lowest BCUT2D eigenvalue weighted by atomic mass is 9.75. The number of hydrogen-bond acceptors (Lipinski definition) is 6. The number of esters is 1. The summed E-state index contributed by atoms with van der Waals surface area (Å²) in [4.78, 5) is 30.4. The third-order valence-corrected chi connectivity index (χ3v) is 7.55. The number of carbonyl (C=O) groups is 2. The Morgan fingerprint density at radius 1 is 1.30 bits per heavy atom. The Morgan fingerprint density at radius 3 is 2.81 bits per heavy atom. The molecule has 6 heteroatoms. The molecule has 2 spiro atoms. The van der Waals surface area contributed by atoms with Gasteiger partial charge in [-0.05, 0) is 36.8 Å². The number of piperidine rings is 1. The van der Waals surface area contributed by atoms with Gasteiger partial charge >= 0.3 is 5.97 Å². The maximum absolute atomic E-state index is 13.6. The van der Waals surface area contributed by atoms with Crippen molar-refractivity contribution >= 4 is 17.4 Å².